The first-order valence-corrected chi connectivity index (χ1v) is 10.3. The van der Waals surface area contributed by atoms with Crippen molar-refractivity contribution in [1.82, 2.24) is 24.9 Å². The van der Waals surface area contributed by atoms with Gasteiger partial charge in [-0.2, -0.15) is 5.10 Å². The Bertz CT molecular complexity index is 1100. The molecule has 0 amide bonds. The molecule has 7 nitrogen and oxygen atoms in total. The maximum Gasteiger partial charge on any atom is 0.168 e. The van der Waals surface area contributed by atoms with Crippen molar-refractivity contribution in [1.29, 1.82) is 0 Å². The van der Waals surface area contributed by atoms with E-state index in [0.717, 1.165) is 44.0 Å². The third kappa shape index (κ3) is 3.36. The number of ether oxygens (including phenoxy) is 1. The summed E-state index contributed by atoms with van der Waals surface area (Å²) in [7, 11) is 1.60. The maximum atomic E-state index is 14.8. The number of nitrogens with one attached hydrogen (secondary N) is 2. The molecular weight excluding hydrogens is 390 g/mol. The summed E-state index contributed by atoms with van der Waals surface area (Å²) in [5.41, 5.74) is 1.75. The fourth-order valence-corrected chi connectivity index (χ4v) is 4.04. The molecule has 4 heterocycles. The van der Waals surface area contributed by atoms with Gasteiger partial charge in [-0.3, -0.25) is 0 Å². The summed E-state index contributed by atoms with van der Waals surface area (Å²) in [6.07, 6.45) is 5.48. The van der Waals surface area contributed by atoms with E-state index in [9.17, 15) is 8.78 Å². The fraction of sp³-hybridized carbons (Fsp3) is 0.476. The highest BCUT2D eigenvalue weighted by Crippen LogP contribution is 2.43. The minimum atomic E-state index is -0.750. The van der Waals surface area contributed by atoms with Crippen LogP contribution in [0.25, 0.3) is 17.0 Å². The first kappa shape index (κ1) is 19.2. The van der Waals surface area contributed by atoms with Crippen LogP contribution in [0.15, 0.2) is 18.3 Å². The smallest absolute Gasteiger partial charge is 0.168 e. The molecule has 9 heteroatoms. The fourth-order valence-electron chi connectivity index (χ4n) is 4.04. The Morgan fingerprint density at radius 3 is 2.77 bits per heavy atom. The van der Waals surface area contributed by atoms with Gasteiger partial charge < -0.3 is 15.4 Å². The standard InChI is InChI=1S/C21H24F2N6O/c1-11-15(4-3-7-24-11)26-21-14(23)8-13(22)20(27-21)16-10-25-18-9-17(30-2)19(12-5-6-12)28-29(16)18/h8-12,15,24H,3-7H2,1-2H3,(H,26,27)/t11?,15-/m1/s1. The Kier molecular flexibility index (Phi) is 4.77. The normalized spacial score (nSPS) is 21.7. The Hall–Kier alpha value is -2.81. The van der Waals surface area contributed by atoms with Crippen molar-refractivity contribution < 1.29 is 13.5 Å². The molecule has 1 aliphatic carbocycles. The molecule has 0 aromatic carbocycles. The molecule has 3 aromatic rings. The summed E-state index contributed by atoms with van der Waals surface area (Å²) in [5, 5.41) is 11.2. The van der Waals surface area contributed by atoms with E-state index in [2.05, 4.69) is 25.7 Å². The van der Waals surface area contributed by atoms with E-state index in [0.29, 0.717) is 23.0 Å². The SMILES string of the molecule is COc1cc2ncc(-c3nc(N[C@@H]4CCCNC4C)c(F)cc3F)n2nc1C1CC1. The van der Waals surface area contributed by atoms with Gasteiger partial charge in [0.15, 0.2) is 23.1 Å². The third-order valence-corrected chi connectivity index (χ3v) is 5.92. The zero-order valence-electron chi connectivity index (χ0n) is 17.0. The number of rotatable bonds is 5. The molecule has 3 aromatic heterocycles. The van der Waals surface area contributed by atoms with E-state index < -0.39 is 11.6 Å². The van der Waals surface area contributed by atoms with Crippen LogP contribution in [0, 0.1) is 11.6 Å². The van der Waals surface area contributed by atoms with Crippen LogP contribution >= 0.6 is 0 Å². The van der Waals surface area contributed by atoms with Crippen LogP contribution in [-0.4, -0.2) is 45.3 Å². The van der Waals surface area contributed by atoms with Gasteiger partial charge in [0.25, 0.3) is 0 Å². The summed E-state index contributed by atoms with van der Waals surface area (Å²) in [6, 6.07) is 2.85. The summed E-state index contributed by atoms with van der Waals surface area (Å²) < 4.78 is 36.3. The largest absolute Gasteiger partial charge is 0.495 e. The molecule has 0 bridgehead atoms. The quantitative estimate of drug-likeness (QED) is 0.666. The van der Waals surface area contributed by atoms with Gasteiger partial charge in [0.1, 0.15) is 22.8 Å². The number of anilines is 1. The number of hydrogen-bond donors (Lipinski definition) is 2. The number of halogens is 2. The average molecular weight is 414 g/mol. The van der Waals surface area contributed by atoms with Crippen molar-refractivity contribution in [3.8, 4) is 17.1 Å². The molecular formula is C21H24F2N6O. The van der Waals surface area contributed by atoms with Crippen LogP contribution in [0.4, 0.5) is 14.6 Å². The van der Waals surface area contributed by atoms with Gasteiger partial charge >= 0.3 is 0 Å². The van der Waals surface area contributed by atoms with Gasteiger partial charge in [-0.15, -0.1) is 0 Å². The molecule has 2 aliphatic rings. The van der Waals surface area contributed by atoms with E-state index in [-0.39, 0.29) is 23.6 Å². The summed E-state index contributed by atoms with van der Waals surface area (Å²) in [6.45, 7) is 2.98. The molecule has 2 fully saturated rings. The molecule has 2 N–H and O–H groups in total. The highest BCUT2D eigenvalue weighted by molar-refractivity contribution is 5.63. The van der Waals surface area contributed by atoms with E-state index in [1.165, 1.54) is 6.20 Å². The van der Waals surface area contributed by atoms with Gasteiger partial charge in [-0.05, 0) is 39.2 Å². The lowest BCUT2D eigenvalue weighted by molar-refractivity contribution is 0.387. The molecule has 2 atom stereocenters. The lowest BCUT2D eigenvalue weighted by Gasteiger charge is -2.31. The van der Waals surface area contributed by atoms with Crippen molar-refractivity contribution in [2.75, 3.05) is 19.0 Å². The van der Waals surface area contributed by atoms with Gasteiger partial charge in [0.05, 0.1) is 13.3 Å². The number of imidazole rings is 1. The van der Waals surface area contributed by atoms with Gasteiger partial charge in [-0.25, -0.2) is 23.3 Å². The monoisotopic (exact) mass is 414 g/mol. The lowest BCUT2D eigenvalue weighted by atomic mass is 10.00. The second-order valence-corrected chi connectivity index (χ2v) is 8.07. The first-order valence-electron chi connectivity index (χ1n) is 10.3. The van der Waals surface area contributed by atoms with Crippen LogP contribution in [0.1, 0.15) is 44.2 Å². The van der Waals surface area contributed by atoms with Gasteiger partial charge in [0.2, 0.25) is 0 Å². The predicted octanol–water partition coefficient (Wildman–Crippen LogP) is 3.51. The molecule has 1 saturated carbocycles. The second kappa shape index (κ2) is 7.46. The highest BCUT2D eigenvalue weighted by Gasteiger charge is 2.30. The van der Waals surface area contributed by atoms with Crippen LogP contribution < -0.4 is 15.4 Å². The van der Waals surface area contributed by atoms with Gasteiger partial charge in [0, 0.05) is 30.1 Å². The average Bonchev–Trinajstić information content (AvgIpc) is 3.51. The van der Waals surface area contributed by atoms with Crippen LogP contribution in [0.3, 0.4) is 0 Å². The Morgan fingerprint density at radius 1 is 1.20 bits per heavy atom. The third-order valence-electron chi connectivity index (χ3n) is 5.92. The zero-order chi connectivity index (χ0) is 20.8. The molecule has 1 saturated heterocycles. The Morgan fingerprint density at radius 2 is 2.03 bits per heavy atom. The summed E-state index contributed by atoms with van der Waals surface area (Å²) in [5.74, 6) is -0.409. The summed E-state index contributed by atoms with van der Waals surface area (Å²) >= 11 is 0. The van der Waals surface area contributed by atoms with Crippen molar-refractivity contribution >= 4 is 11.5 Å². The van der Waals surface area contributed by atoms with E-state index in [4.69, 9.17) is 4.74 Å². The predicted molar refractivity (Wildman–Crippen MR) is 109 cm³/mol. The molecule has 0 radical (unpaired) electrons. The minimum absolute atomic E-state index is 0.0160. The minimum Gasteiger partial charge on any atom is -0.495 e. The lowest BCUT2D eigenvalue weighted by Crippen LogP contribution is -2.46. The number of piperidine rings is 1. The maximum absolute atomic E-state index is 14.8. The van der Waals surface area contributed by atoms with Crippen molar-refractivity contribution in [3.05, 3.63) is 35.7 Å². The number of fused-ring (bicyclic) bond motifs is 1. The van der Waals surface area contributed by atoms with E-state index >= 15 is 0 Å². The van der Waals surface area contributed by atoms with Crippen LogP contribution in [0.5, 0.6) is 5.75 Å². The number of methoxy groups -OCH3 is 1. The molecule has 5 rings (SSSR count). The number of hydrogen-bond acceptors (Lipinski definition) is 6. The number of pyridine rings is 1. The second-order valence-electron chi connectivity index (χ2n) is 8.07. The van der Waals surface area contributed by atoms with E-state index in [1.807, 2.05) is 6.92 Å². The van der Waals surface area contributed by atoms with E-state index in [1.54, 1.807) is 17.7 Å². The van der Waals surface area contributed by atoms with Gasteiger partial charge in [-0.1, -0.05) is 0 Å². The molecule has 30 heavy (non-hydrogen) atoms. The Labute approximate surface area is 172 Å². The molecule has 1 aliphatic heterocycles. The zero-order valence-corrected chi connectivity index (χ0v) is 17.0. The van der Waals surface area contributed by atoms with Crippen molar-refractivity contribution in [2.24, 2.45) is 0 Å². The summed E-state index contributed by atoms with van der Waals surface area (Å²) in [4.78, 5) is 8.64. The topological polar surface area (TPSA) is 76.4 Å². The van der Waals surface area contributed by atoms with Crippen LogP contribution in [0.2, 0.25) is 0 Å². The van der Waals surface area contributed by atoms with Crippen LogP contribution in [-0.2, 0) is 0 Å². The number of nitrogens with zero attached hydrogens (tertiary/aromatic N) is 4. The first-order chi connectivity index (χ1) is 14.5. The highest BCUT2D eigenvalue weighted by atomic mass is 19.1. The Balaban J connectivity index is 1.56. The van der Waals surface area contributed by atoms with Crippen molar-refractivity contribution in [2.45, 2.75) is 50.6 Å². The molecule has 158 valence electrons. The molecule has 0 spiro atoms. The molecule has 1 unspecified atom stereocenters. The van der Waals surface area contributed by atoms with Crippen molar-refractivity contribution in [3.63, 3.8) is 0 Å². The number of aromatic nitrogens is 4.